The second-order valence-electron chi connectivity index (χ2n) is 15.8. The van der Waals surface area contributed by atoms with E-state index in [1.54, 1.807) is 34.1 Å². The van der Waals surface area contributed by atoms with Crippen molar-refractivity contribution in [3.8, 4) is 11.5 Å². The van der Waals surface area contributed by atoms with Gasteiger partial charge >= 0.3 is 16.5 Å². The van der Waals surface area contributed by atoms with Gasteiger partial charge in [-0.25, -0.2) is 8.42 Å². The first-order chi connectivity index (χ1) is 27.0. The number of unbranched alkanes of at least 4 members (excludes halogenated alkanes) is 8. The molecular formula is C46H82N2NiO6S3. The second kappa shape index (κ2) is 40.3. The average Bonchev–Trinajstić information content (AvgIpc) is 3.16. The number of hydrogen-bond donors (Lipinski definition) is 2. The van der Waals surface area contributed by atoms with E-state index in [-0.39, 0.29) is 37.7 Å². The normalized spacial score (nSPS) is 10.4. The van der Waals surface area contributed by atoms with Crippen LogP contribution in [-0.4, -0.2) is 65.0 Å². The number of aromatic hydroxyl groups is 2. The Balaban J connectivity index is -0.000000327. The molecule has 12 heteroatoms. The van der Waals surface area contributed by atoms with E-state index in [2.05, 4.69) is 93.7 Å². The van der Waals surface area contributed by atoms with Crippen molar-refractivity contribution >= 4 is 46.4 Å². The van der Waals surface area contributed by atoms with Crippen molar-refractivity contribution in [2.24, 2.45) is 0 Å². The molecule has 0 atom stereocenters. The molecule has 0 aliphatic heterocycles. The summed E-state index contributed by atoms with van der Waals surface area (Å²) in [5.41, 5.74) is 3.08. The number of hydrogen-bond acceptors (Lipinski definition) is 8. The minimum atomic E-state index is -1.42. The van der Waals surface area contributed by atoms with Crippen LogP contribution < -0.4 is 10.2 Å². The molecule has 2 N–H and O–H groups in total. The monoisotopic (exact) mass is 912 g/mol. The zero-order chi connectivity index (χ0) is 44.1. The van der Waals surface area contributed by atoms with Gasteiger partial charge in [-0.1, -0.05) is 182 Å². The summed E-state index contributed by atoms with van der Waals surface area (Å²) in [4.78, 5) is 3.53. The van der Waals surface area contributed by atoms with Gasteiger partial charge in [0.15, 0.2) is 0 Å². The van der Waals surface area contributed by atoms with E-state index in [0.717, 1.165) is 77.5 Å². The minimum absolute atomic E-state index is 0. The molecule has 0 aromatic heterocycles. The molecule has 2 aromatic rings. The molecule has 0 saturated carbocycles. The molecule has 340 valence electrons. The summed E-state index contributed by atoms with van der Waals surface area (Å²) in [5, 5.41) is 39.9. The standard InChI is InChI=1S/2C14H22O.2C9H19NOS.Ni.H2O2S/c2*1-4-5-6-11-14(2,3)12-7-9-13(15)10-8-12;2*1-3-5-7-10(9(11)12)8-6-4-2;;1-3-2/h2*7-10,15H,4-6,11H2,1-3H3;2*3-8H2,1-2H3,(H,11,12);;3H2/q;;;;+2;/p-2. The first-order valence-electron chi connectivity index (χ1n) is 21.5. The van der Waals surface area contributed by atoms with Gasteiger partial charge in [0.2, 0.25) is 0 Å². The summed E-state index contributed by atoms with van der Waals surface area (Å²) in [6, 6.07) is 15.2. The van der Waals surface area contributed by atoms with E-state index in [0.29, 0.717) is 11.5 Å². The van der Waals surface area contributed by atoms with Crippen LogP contribution in [0, 0.1) is 0 Å². The van der Waals surface area contributed by atoms with Crippen molar-refractivity contribution in [1.29, 1.82) is 0 Å². The molecule has 0 radical (unpaired) electrons. The molecule has 0 amide bonds. The molecule has 0 aliphatic carbocycles. The third kappa shape index (κ3) is 34.7. The summed E-state index contributed by atoms with van der Waals surface area (Å²) >= 11 is 7.81. The van der Waals surface area contributed by atoms with Crippen molar-refractivity contribution in [3.05, 3.63) is 59.7 Å². The van der Waals surface area contributed by atoms with Gasteiger partial charge in [0.1, 0.15) is 23.1 Å². The Hall–Kier alpha value is -2.14. The summed E-state index contributed by atoms with van der Waals surface area (Å²) in [6.45, 7) is 25.3. The van der Waals surface area contributed by atoms with Crippen LogP contribution in [0.1, 0.15) is 183 Å². The third-order valence-electron chi connectivity index (χ3n) is 9.75. The van der Waals surface area contributed by atoms with E-state index in [1.165, 1.54) is 62.5 Å². The van der Waals surface area contributed by atoms with Gasteiger partial charge in [-0.05, 0) is 84.7 Å². The molecule has 0 bridgehead atoms. The van der Waals surface area contributed by atoms with Gasteiger partial charge in [-0.15, -0.1) is 0 Å². The molecule has 0 heterocycles. The Morgan fingerprint density at radius 2 is 0.741 bits per heavy atom. The number of phenols is 2. The molecule has 0 spiro atoms. The maximum Gasteiger partial charge on any atom is 2.00 e. The molecule has 2 aromatic carbocycles. The van der Waals surface area contributed by atoms with Gasteiger partial charge < -0.3 is 30.2 Å². The van der Waals surface area contributed by atoms with E-state index in [4.69, 9.17) is 8.42 Å². The quantitative estimate of drug-likeness (QED) is 0.0670. The Morgan fingerprint density at radius 1 is 0.517 bits per heavy atom. The Morgan fingerprint density at radius 3 is 0.931 bits per heavy atom. The van der Waals surface area contributed by atoms with Crippen LogP contribution in [0.2, 0.25) is 0 Å². The van der Waals surface area contributed by atoms with Crippen molar-refractivity contribution in [1.82, 2.24) is 9.80 Å². The van der Waals surface area contributed by atoms with E-state index < -0.39 is 11.6 Å². The predicted octanol–water partition coefficient (Wildman–Crippen LogP) is 10.4. The van der Waals surface area contributed by atoms with Gasteiger partial charge in [0.25, 0.3) is 0 Å². The fourth-order valence-corrected chi connectivity index (χ4v) is 6.10. The van der Waals surface area contributed by atoms with Crippen LogP contribution in [0.25, 0.3) is 0 Å². The molecule has 58 heavy (non-hydrogen) atoms. The molecule has 0 aliphatic rings. The van der Waals surface area contributed by atoms with Gasteiger partial charge in [-0.2, -0.15) is 0 Å². The van der Waals surface area contributed by atoms with Crippen molar-refractivity contribution in [2.75, 3.05) is 26.2 Å². The molecule has 0 fully saturated rings. The maximum atomic E-state index is 10.9. The SMILES string of the molecule is CCCCCC(C)(C)c1ccc(O)cc1.CCCCCC(C)(C)c1ccc(O)cc1.CCCCN(CCCC)C([O-])=S.CCCCN(CCCC)C([O-])=S.O=[SH2]=O.[Ni+2]. The first-order valence-corrected chi connectivity index (χ1v) is 23.1. The Kier molecular flexibility index (Phi) is 43.4. The molecule has 2 rings (SSSR count). The molecular weight excluding hydrogens is 831 g/mol. The Bertz CT molecular complexity index is 1180. The van der Waals surface area contributed by atoms with Crippen LogP contribution in [0.15, 0.2) is 48.5 Å². The first kappa shape index (κ1) is 62.5. The van der Waals surface area contributed by atoms with Crippen LogP contribution in [-0.2, 0) is 38.9 Å². The molecule has 0 saturated heterocycles. The van der Waals surface area contributed by atoms with Crippen LogP contribution in [0.4, 0.5) is 0 Å². The van der Waals surface area contributed by atoms with Crippen LogP contribution >= 0.6 is 24.4 Å². The second-order valence-corrected chi connectivity index (χ2v) is 16.6. The number of benzene rings is 2. The number of phenolic OH excluding ortho intramolecular Hbond substituents is 2. The number of rotatable bonds is 22. The van der Waals surface area contributed by atoms with Gasteiger partial charge in [0.05, 0.1) is 0 Å². The third-order valence-corrected chi connectivity index (χ3v) is 10.3. The zero-order valence-corrected chi connectivity index (χ0v) is 41.4. The van der Waals surface area contributed by atoms with Gasteiger partial charge in [-0.3, -0.25) is 0 Å². The van der Waals surface area contributed by atoms with E-state index in [1.807, 2.05) is 24.3 Å². The van der Waals surface area contributed by atoms with E-state index >= 15 is 0 Å². The molecule has 8 nitrogen and oxygen atoms in total. The maximum absolute atomic E-state index is 10.9. The number of thiocarbonyl (C=S) groups is 2. The van der Waals surface area contributed by atoms with Crippen molar-refractivity contribution < 1.29 is 45.3 Å². The molecule has 0 unspecified atom stereocenters. The average molecular weight is 914 g/mol. The van der Waals surface area contributed by atoms with Gasteiger partial charge in [0, 0.05) is 36.5 Å². The van der Waals surface area contributed by atoms with E-state index in [9.17, 15) is 20.4 Å². The van der Waals surface area contributed by atoms with Crippen molar-refractivity contribution in [3.63, 3.8) is 0 Å². The largest absolute Gasteiger partial charge is 2.00 e. The summed E-state index contributed by atoms with van der Waals surface area (Å²) in [6.07, 6.45) is 18.9. The zero-order valence-electron chi connectivity index (χ0n) is 37.8. The fourth-order valence-electron chi connectivity index (χ4n) is 5.73. The smallest absolute Gasteiger partial charge is 0.852 e. The van der Waals surface area contributed by atoms with Crippen molar-refractivity contribution in [2.45, 2.75) is 183 Å². The summed E-state index contributed by atoms with van der Waals surface area (Å²) in [5.74, 6) is 0.700. The fraction of sp³-hybridized carbons (Fsp3) is 0.696. The number of nitrogens with zero attached hydrogens (tertiary/aromatic N) is 2. The summed E-state index contributed by atoms with van der Waals surface area (Å²) < 4.78 is 16.8. The Labute approximate surface area is 379 Å². The van der Waals surface area contributed by atoms with Crippen LogP contribution in [0.5, 0.6) is 11.5 Å². The summed E-state index contributed by atoms with van der Waals surface area (Å²) in [7, 11) is 0. The predicted molar refractivity (Wildman–Crippen MR) is 250 cm³/mol. The minimum Gasteiger partial charge on any atom is -0.852 e. The topological polar surface area (TPSA) is 127 Å². The van der Waals surface area contributed by atoms with Crippen LogP contribution in [0.3, 0.4) is 0 Å².